The molecule has 7 heteroatoms. The maximum Gasteiger partial charge on any atom is 0.233 e. The molecule has 1 saturated heterocycles. The fourth-order valence-electron chi connectivity index (χ4n) is 5.06. The molecule has 0 atom stereocenters. The van der Waals surface area contributed by atoms with E-state index in [1.54, 1.807) is 18.9 Å². The molecule has 0 bridgehead atoms. The molecule has 39 heavy (non-hydrogen) atoms. The van der Waals surface area contributed by atoms with E-state index in [4.69, 9.17) is 9.72 Å². The Balaban J connectivity index is 1.34. The van der Waals surface area contributed by atoms with Gasteiger partial charge in [0.15, 0.2) is 5.16 Å². The second-order valence-electron chi connectivity index (χ2n) is 9.66. The highest BCUT2D eigenvalue weighted by Crippen LogP contribution is 2.36. The summed E-state index contributed by atoms with van der Waals surface area (Å²) in [5.74, 6) is 1.41. The van der Waals surface area contributed by atoms with Crippen LogP contribution in [-0.2, 0) is 11.3 Å². The highest BCUT2D eigenvalue weighted by Gasteiger charge is 2.25. The number of carbonyl (C=O) groups excluding carboxylic acids is 1. The van der Waals surface area contributed by atoms with Crippen LogP contribution >= 0.6 is 11.8 Å². The number of ether oxygens (including phenoxy) is 1. The van der Waals surface area contributed by atoms with E-state index in [-0.39, 0.29) is 5.91 Å². The van der Waals surface area contributed by atoms with Crippen molar-refractivity contribution >= 4 is 23.4 Å². The number of unbranched alkanes of at least 4 members (excludes halogenated alkanes) is 1. The monoisotopic (exact) mass is 540 g/mol. The van der Waals surface area contributed by atoms with E-state index in [0.29, 0.717) is 18.8 Å². The average Bonchev–Trinajstić information content (AvgIpc) is 3.38. The van der Waals surface area contributed by atoms with E-state index >= 15 is 0 Å². The number of amides is 1. The molecule has 2 heterocycles. The van der Waals surface area contributed by atoms with E-state index in [1.165, 1.54) is 0 Å². The topological polar surface area (TPSA) is 50.6 Å². The number of para-hydroxylation sites is 2. The molecule has 3 aromatic carbocycles. The molecule has 1 aliphatic rings. The number of nitrogens with zero attached hydrogens (tertiary/aromatic N) is 4. The first kappa shape index (κ1) is 26.9. The quantitative estimate of drug-likeness (QED) is 0.216. The molecule has 0 aliphatic carbocycles. The fourth-order valence-corrected chi connectivity index (χ4v) is 5.99. The molecule has 5 rings (SSSR count). The lowest BCUT2D eigenvalue weighted by atomic mass is 10.0. The van der Waals surface area contributed by atoms with Crippen LogP contribution in [0.15, 0.2) is 90.1 Å². The van der Waals surface area contributed by atoms with Crippen molar-refractivity contribution in [2.75, 3.05) is 43.9 Å². The Kier molecular flexibility index (Phi) is 8.89. The van der Waals surface area contributed by atoms with Crippen LogP contribution in [0, 0.1) is 0 Å². The van der Waals surface area contributed by atoms with Crippen molar-refractivity contribution in [3.05, 3.63) is 84.9 Å². The number of hydrogen-bond donors (Lipinski definition) is 0. The summed E-state index contributed by atoms with van der Waals surface area (Å²) in [6, 6.07) is 28.9. The lowest BCUT2D eigenvalue weighted by Gasteiger charge is -2.36. The average molecular weight is 541 g/mol. The SMILES string of the molecule is CCCCn1c(SCC(=O)N2CCN(c3ccccc3OC)CC2)nc(-c2ccccc2)c1-c1ccccc1. The Morgan fingerprint density at radius 3 is 2.18 bits per heavy atom. The summed E-state index contributed by atoms with van der Waals surface area (Å²) < 4.78 is 7.86. The molecule has 0 unspecified atom stereocenters. The van der Waals surface area contributed by atoms with Crippen LogP contribution in [0.2, 0.25) is 0 Å². The van der Waals surface area contributed by atoms with Crippen LogP contribution in [0.1, 0.15) is 19.8 Å². The van der Waals surface area contributed by atoms with E-state index in [2.05, 4.69) is 71.0 Å². The predicted molar refractivity (Wildman–Crippen MR) is 161 cm³/mol. The van der Waals surface area contributed by atoms with Crippen LogP contribution in [0.4, 0.5) is 5.69 Å². The minimum atomic E-state index is 0.159. The summed E-state index contributed by atoms with van der Waals surface area (Å²) in [6.45, 7) is 6.06. The van der Waals surface area contributed by atoms with Gasteiger partial charge in [0.05, 0.1) is 29.9 Å². The Labute approximate surface area is 235 Å². The Hall–Kier alpha value is -3.71. The third-order valence-corrected chi connectivity index (χ3v) is 8.11. The number of anilines is 1. The van der Waals surface area contributed by atoms with Gasteiger partial charge in [-0.3, -0.25) is 4.79 Å². The minimum absolute atomic E-state index is 0.159. The number of piperazine rings is 1. The van der Waals surface area contributed by atoms with E-state index < -0.39 is 0 Å². The van der Waals surface area contributed by atoms with Crippen LogP contribution < -0.4 is 9.64 Å². The van der Waals surface area contributed by atoms with Crippen molar-refractivity contribution in [2.24, 2.45) is 0 Å². The van der Waals surface area contributed by atoms with Crippen molar-refractivity contribution < 1.29 is 9.53 Å². The zero-order valence-electron chi connectivity index (χ0n) is 22.8. The van der Waals surface area contributed by atoms with Crippen LogP contribution in [0.5, 0.6) is 5.75 Å². The zero-order valence-corrected chi connectivity index (χ0v) is 23.6. The first-order valence-corrected chi connectivity index (χ1v) is 14.7. The van der Waals surface area contributed by atoms with Gasteiger partial charge in [0.1, 0.15) is 5.75 Å². The molecular formula is C32H36N4O2S. The lowest BCUT2D eigenvalue weighted by molar-refractivity contribution is -0.128. The molecule has 0 spiro atoms. The standard InChI is InChI=1S/C32H36N4O2S/c1-3-4-19-36-31(26-15-9-6-10-16-26)30(25-13-7-5-8-14-25)33-32(36)39-24-29(37)35-22-20-34(21-23-35)27-17-11-12-18-28(27)38-2/h5-18H,3-4,19-24H2,1-2H3. The largest absolute Gasteiger partial charge is 0.495 e. The van der Waals surface area contributed by atoms with Gasteiger partial charge in [0, 0.05) is 43.9 Å². The molecular weight excluding hydrogens is 504 g/mol. The highest BCUT2D eigenvalue weighted by molar-refractivity contribution is 7.99. The van der Waals surface area contributed by atoms with E-state index in [9.17, 15) is 4.79 Å². The molecule has 4 aromatic rings. The number of hydrogen-bond acceptors (Lipinski definition) is 5. The van der Waals surface area contributed by atoms with Gasteiger partial charge in [0.2, 0.25) is 5.91 Å². The lowest BCUT2D eigenvalue weighted by Crippen LogP contribution is -2.49. The molecule has 1 aromatic heterocycles. The third-order valence-electron chi connectivity index (χ3n) is 7.15. The van der Waals surface area contributed by atoms with E-state index in [1.807, 2.05) is 35.2 Å². The van der Waals surface area contributed by atoms with Crippen molar-refractivity contribution in [1.29, 1.82) is 0 Å². The first-order valence-electron chi connectivity index (χ1n) is 13.7. The molecule has 0 saturated carbocycles. The second kappa shape index (κ2) is 12.9. The fraction of sp³-hybridized carbons (Fsp3) is 0.312. The molecule has 0 radical (unpaired) electrons. The number of thioether (sulfide) groups is 1. The summed E-state index contributed by atoms with van der Waals surface area (Å²) in [5, 5.41) is 0.905. The predicted octanol–water partition coefficient (Wildman–Crippen LogP) is 6.47. The molecule has 6 nitrogen and oxygen atoms in total. The van der Waals surface area contributed by atoms with Crippen molar-refractivity contribution in [2.45, 2.75) is 31.5 Å². The maximum absolute atomic E-state index is 13.3. The van der Waals surface area contributed by atoms with Crippen LogP contribution in [-0.4, -0.2) is 59.4 Å². The van der Waals surface area contributed by atoms with Gasteiger partial charge in [-0.2, -0.15) is 0 Å². The summed E-state index contributed by atoms with van der Waals surface area (Å²) in [5.41, 5.74) is 5.41. The highest BCUT2D eigenvalue weighted by atomic mass is 32.2. The van der Waals surface area contributed by atoms with Gasteiger partial charge >= 0.3 is 0 Å². The molecule has 1 fully saturated rings. The van der Waals surface area contributed by atoms with Gasteiger partial charge in [-0.05, 0) is 18.6 Å². The van der Waals surface area contributed by atoms with Gasteiger partial charge in [-0.1, -0.05) is 97.9 Å². The normalized spacial score (nSPS) is 13.5. The summed E-state index contributed by atoms with van der Waals surface area (Å²) in [6.07, 6.45) is 2.14. The molecule has 1 aliphatic heterocycles. The van der Waals surface area contributed by atoms with Crippen molar-refractivity contribution in [1.82, 2.24) is 14.5 Å². The molecule has 202 valence electrons. The smallest absolute Gasteiger partial charge is 0.233 e. The number of rotatable bonds is 10. The maximum atomic E-state index is 13.3. The first-order chi connectivity index (χ1) is 19.2. The summed E-state index contributed by atoms with van der Waals surface area (Å²) >= 11 is 1.55. The molecule has 0 N–H and O–H groups in total. The summed E-state index contributed by atoms with van der Waals surface area (Å²) in [7, 11) is 1.70. The van der Waals surface area contributed by atoms with Gasteiger partial charge in [0.25, 0.3) is 0 Å². The van der Waals surface area contributed by atoms with Gasteiger partial charge < -0.3 is 19.1 Å². The van der Waals surface area contributed by atoms with E-state index in [0.717, 1.165) is 71.6 Å². The van der Waals surface area contributed by atoms with Crippen LogP contribution in [0.3, 0.4) is 0 Å². The third kappa shape index (κ3) is 6.14. The Bertz CT molecular complexity index is 1370. The van der Waals surface area contributed by atoms with Gasteiger partial charge in [-0.15, -0.1) is 0 Å². The van der Waals surface area contributed by atoms with Gasteiger partial charge in [-0.25, -0.2) is 4.98 Å². The Morgan fingerprint density at radius 1 is 0.872 bits per heavy atom. The number of aromatic nitrogens is 2. The zero-order chi connectivity index (χ0) is 27.0. The number of benzene rings is 3. The van der Waals surface area contributed by atoms with Crippen molar-refractivity contribution in [3.8, 4) is 28.3 Å². The van der Waals surface area contributed by atoms with Crippen LogP contribution in [0.25, 0.3) is 22.5 Å². The molecule has 1 amide bonds. The second-order valence-corrected chi connectivity index (χ2v) is 10.6. The Morgan fingerprint density at radius 2 is 1.51 bits per heavy atom. The number of carbonyl (C=O) groups is 1. The number of methoxy groups -OCH3 is 1. The van der Waals surface area contributed by atoms with Crippen molar-refractivity contribution in [3.63, 3.8) is 0 Å². The minimum Gasteiger partial charge on any atom is -0.495 e. The summed E-state index contributed by atoms with van der Waals surface area (Å²) in [4.78, 5) is 22.7. The number of imidazole rings is 1.